The Kier molecular flexibility index (Phi) is 4.33. The monoisotopic (exact) mass is 363 g/mol. The number of aryl methyl sites for hydroxylation is 1. The van der Waals surface area contributed by atoms with Gasteiger partial charge in [-0.2, -0.15) is 4.98 Å². The van der Waals surface area contributed by atoms with Gasteiger partial charge in [0.1, 0.15) is 6.61 Å². The van der Waals surface area contributed by atoms with Gasteiger partial charge in [0.2, 0.25) is 0 Å². The lowest BCUT2D eigenvalue weighted by Gasteiger charge is -2.14. The second-order valence-electron chi connectivity index (χ2n) is 6.18. The van der Waals surface area contributed by atoms with Crippen molar-refractivity contribution in [2.24, 2.45) is 7.05 Å². The number of carbonyl (C=O) groups is 2. The van der Waals surface area contributed by atoms with Crippen molar-refractivity contribution in [2.75, 3.05) is 11.9 Å². The van der Waals surface area contributed by atoms with E-state index in [0.29, 0.717) is 0 Å². The first-order valence-corrected chi connectivity index (χ1v) is 8.43. The Morgan fingerprint density at radius 2 is 1.78 bits per heavy atom. The molecule has 7 nitrogen and oxygen atoms in total. The normalized spacial score (nSPS) is 12.2. The molecular formula is C20H17N3O4. The molecule has 1 aromatic heterocycles. The third-order valence-electron chi connectivity index (χ3n) is 4.56. The largest absolute Gasteiger partial charge is 0.448 e. The third kappa shape index (κ3) is 3.15. The number of fused-ring (bicyclic) bond motifs is 3. The average molecular weight is 363 g/mol. The molecule has 0 spiro atoms. The van der Waals surface area contributed by atoms with Gasteiger partial charge >= 0.3 is 18.6 Å². The number of imidazole rings is 1. The van der Waals surface area contributed by atoms with Crippen LogP contribution >= 0.6 is 0 Å². The fourth-order valence-corrected chi connectivity index (χ4v) is 3.40. The minimum Gasteiger partial charge on any atom is -0.448 e. The highest BCUT2D eigenvalue weighted by atomic mass is 16.5. The molecule has 0 unspecified atom stereocenters. The molecule has 2 aromatic carbocycles. The standard InChI is InChI=1S/C20H17N3O4/c1-23-10-18(21-19(23)27-12-24)22-20(25)26-11-17-15-8-4-2-6-13(15)14-7-3-5-9-16(14)17/h2-10,12,17H,11H2,1H3,(H,22,25). The van der Waals surface area contributed by atoms with Crippen molar-refractivity contribution in [3.63, 3.8) is 0 Å². The highest BCUT2D eigenvalue weighted by Gasteiger charge is 2.29. The van der Waals surface area contributed by atoms with Gasteiger partial charge in [-0.05, 0) is 22.3 Å². The van der Waals surface area contributed by atoms with Crippen molar-refractivity contribution >= 4 is 18.4 Å². The van der Waals surface area contributed by atoms with Crippen LogP contribution in [0.25, 0.3) is 11.1 Å². The van der Waals surface area contributed by atoms with Gasteiger partial charge in [0.05, 0.1) is 6.20 Å². The maximum absolute atomic E-state index is 12.2. The lowest BCUT2D eigenvalue weighted by Crippen LogP contribution is -2.18. The molecular weight excluding hydrogens is 346 g/mol. The topological polar surface area (TPSA) is 82.5 Å². The molecule has 27 heavy (non-hydrogen) atoms. The molecule has 0 fully saturated rings. The Bertz CT molecular complexity index is 966. The minimum atomic E-state index is -0.618. The van der Waals surface area contributed by atoms with Crippen molar-refractivity contribution in [3.8, 4) is 17.1 Å². The second-order valence-corrected chi connectivity index (χ2v) is 6.18. The van der Waals surface area contributed by atoms with Crippen LogP contribution in [-0.4, -0.2) is 28.7 Å². The average Bonchev–Trinajstić information content (AvgIpc) is 3.18. The maximum Gasteiger partial charge on any atom is 0.412 e. The zero-order valence-corrected chi connectivity index (χ0v) is 14.6. The number of aromatic nitrogens is 2. The Morgan fingerprint density at radius 3 is 2.41 bits per heavy atom. The van der Waals surface area contributed by atoms with E-state index in [1.54, 1.807) is 7.05 Å². The van der Waals surface area contributed by atoms with E-state index in [4.69, 9.17) is 9.47 Å². The van der Waals surface area contributed by atoms with E-state index in [-0.39, 0.29) is 30.8 Å². The van der Waals surface area contributed by atoms with E-state index < -0.39 is 6.09 Å². The van der Waals surface area contributed by atoms with Crippen molar-refractivity contribution < 1.29 is 19.1 Å². The minimum absolute atomic E-state index is 0.0131. The quantitative estimate of drug-likeness (QED) is 0.703. The number of anilines is 1. The van der Waals surface area contributed by atoms with E-state index in [1.165, 1.54) is 21.9 Å². The molecule has 7 heteroatoms. The number of carbonyl (C=O) groups excluding carboxylic acids is 2. The van der Waals surface area contributed by atoms with E-state index in [0.717, 1.165) is 11.1 Å². The number of ether oxygens (including phenoxy) is 2. The van der Waals surface area contributed by atoms with Crippen LogP contribution in [0.3, 0.4) is 0 Å². The summed E-state index contributed by atoms with van der Waals surface area (Å²) >= 11 is 0. The Morgan fingerprint density at radius 1 is 1.15 bits per heavy atom. The van der Waals surface area contributed by atoms with E-state index in [1.807, 2.05) is 24.3 Å². The fourth-order valence-electron chi connectivity index (χ4n) is 3.40. The number of benzene rings is 2. The maximum atomic E-state index is 12.2. The van der Waals surface area contributed by atoms with Gasteiger partial charge in [0.25, 0.3) is 0 Å². The Balaban J connectivity index is 1.46. The van der Waals surface area contributed by atoms with Crippen LogP contribution in [0.15, 0.2) is 54.7 Å². The summed E-state index contributed by atoms with van der Waals surface area (Å²) in [5.74, 6) is 0.229. The molecule has 0 radical (unpaired) electrons. The first-order valence-electron chi connectivity index (χ1n) is 8.43. The predicted octanol–water partition coefficient (Wildman–Crippen LogP) is 3.32. The Labute approximate surface area is 155 Å². The lowest BCUT2D eigenvalue weighted by atomic mass is 9.98. The highest BCUT2D eigenvalue weighted by Crippen LogP contribution is 2.44. The van der Waals surface area contributed by atoms with Gasteiger partial charge in [-0.1, -0.05) is 48.5 Å². The van der Waals surface area contributed by atoms with Crippen molar-refractivity contribution in [2.45, 2.75) is 5.92 Å². The summed E-state index contributed by atoms with van der Waals surface area (Å²) in [6.07, 6.45) is 0.910. The summed E-state index contributed by atoms with van der Waals surface area (Å²) in [6.45, 7) is 0.490. The number of rotatable bonds is 5. The zero-order valence-electron chi connectivity index (χ0n) is 14.6. The summed E-state index contributed by atoms with van der Waals surface area (Å²) in [5, 5.41) is 2.54. The number of hydrogen-bond acceptors (Lipinski definition) is 5. The number of nitrogens with one attached hydrogen (secondary N) is 1. The SMILES string of the molecule is Cn1cc(NC(=O)OCC2c3ccccc3-c3ccccc32)nc1OC=O. The zero-order chi connectivity index (χ0) is 18.8. The summed E-state index contributed by atoms with van der Waals surface area (Å²) in [7, 11) is 1.65. The molecule has 4 rings (SSSR count). The van der Waals surface area contributed by atoms with Crippen LogP contribution in [0, 0.1) is 0 Å². The molecule has 136 valence electrons. The van der Waals surface area contributed by atoms with Gasteiger partial charge < -0.3 is 14.0 Å². The van der Waals surface area contributed by atoms with Crippen LogP contribution in [0.5, 0.6) is 6.01 Å². The smallest absolute Gasteiger partial charge is 0.412 e. The van der Waals surface area contributed by atoms with Gasteiger partial charge in [-0.3, -0.25) is 10.1 Å². The molecule has 1 heterocycles. The number of amides is 1. The molecule has 3 aromatic rings. The van der Waals surface area contributed by atoms with E-state index in [2.05, 4.69) is 34.6 Å². The van der Waals surface area contributed by atoms with Gasteiger partial charge in [-0.25, -0.2) is 4.79 Å². The second kappa shape index (κ2) is 6.95. The Hall–Kier alpha value is -3.61. The molecule has 0 atom stereocenters. The van der Waals surface area contributed by atoms with Gasteiger partial charge in [0, 0.05) is 13.0 Å². The van der Waals surface area contributed by atoms with Crippen LogP contribution in [0.4, 0.5) is 10.6 Å². The predicted molar refractivity (Wildman–Crippen MR) is 98.6 cm³/mol. The van der Waals surface area contributed by atoms with Crippen molar-refractivity contribution in [1.82, 2.24) is 9.55 Å². The summed E-state index contributed by atoms with van der Waals surface area (Å²) in [4.78, 5) is 26.6. The first-order chi connectivity index (χ1) is 13.2. The summed E-state index contributed by atoms with van der Waals surface area (Å²) in [6, 6.07) is 16.3. The molecule has 1 aliphatic rings. The van der Waals surface area contributed by atoms with Crippen molar-refractivity contribution in [3.05, 3.63) is 65.9 Å². The first kappa shape index (κ1) is 16.8. The molecule has 1 N–H and O–H groups in total. The lowest BCUT2D eigenvalue weighted by molar-refractivity contribution is -0.121. The van der Waals surface area contributed by atoms with E-state index >= 15 is 0 Å². The summed E-state index contributed by atoms with van der Waals surface area (Å²) in [5.41, 5.74) is 4.63. The molecule has 1 amide bonds. The van der Waals surface area contributed by atoms with Crippen LogP contribution in [0.1, 0.15) is 17.0 Å². The highest BCUT2D eigenvalue weighted by molar-refractivity contribution is 5.84. The molecule has 0 saturated carbocycles. The fraction of sp³-hybridized carbons (Fsp3) is 0.150. The van der Waals surface area contributed by atoms with Crippen LogP contribution < -0.4 is 10.1 Å². The molecule has 0 bridgehead atoms. The van der Waals surface area contributed by atoms with Gasteiger partial charge in [-0.15, -0.1) is 0 Å². The summed E-state index contributed by atoms with van der Waals surface area (Å²) < 4.78 is 11.6. The molecule has 0 saturated heterocycles. The van der Waals surface area contributed by atoms with Crippen LogP contribution in [0.2, 0.25) is 0 Å². The third-order valence-corrected chi connectivity index (χ3v) is 4.56. The molecule has 0 aliphatic heterocycles. The van der Waals surface area contributed by atoms with Crippen molar-refractivity contribution in [1.29, 1.82) is 0 Å². The number of hydrogen-bond donors (Lipinski definition) is 1. The van der Waals surface area contributed by atoms with E-state index in [9.17, 15) is 9.59 Å². The molecule has 1 aliphatic carbocycles. The number of nitrogens with zero attached hydrogens (tertiary/aromatic N) is 2. The van der Waals surface area contributed by atoms with Crippen LogP contribution in [-0.2, 0) is 16.6 Å². The van der Waals surface area contributed by atoms with Gasteiger partial charge in [0.15, 0.2) is 5.82 Å².